The molecule has 1 aromatic carbocycles. The minimum absolute atomic E-state index is 0.0314. The van der Waals surface area contributed by atoms with E-state index in [1.807, 2.05) is 30.5 Å². The minimum atomic E-state index is -0.0314. The van der Waals surface area contributed by atoms with Crippen molar-refractivity contribution in [2.24, 2.45) is 5.73 Å². The fourth-order valence-electron chi connectivity index (χ4n) is 1.15. The monoisotopic (exact) mass is 224 g/mol. The molecule has 4 heteroatoms. The van der Waals surface area contributed by atoms with Crippen LogP contribution in [-0.2, 0) is 0 Å². The summed E-state index contributed by atoms with van der Waals surface area (Å²) in [4.78, 5) is 12.7. The second-order valence-corrected chi connectivity index (χ2v) is 4.01. The highest BCUT2D eigenvalue weighted by molar-refractivity contribution is 7.98. The molecule has 0 saturated heterocycles. The van der Waals surface area contributed by atoms with Crippen LogP contribution in [0.25, 0.3) is 0 Å². The summed E-state index contributed by atoms with van der Waals surface area (Å²) in [5, 5.41) is 2.81. The highest BCUT2D eigenvalue weighted by atomic mass is 32.2. The molecular weight excluding hydrogens is 208 g/mol. The summed E-state index contributed by atoms with van der Waals surface area (Å²) in [6, 6.07) is 7.57. The summed E-state index contributed by atoms with van der Waals surface area (Å²) >= 11 is 1.66. The van der Waals surface area contributed by atoms with Crippen molar-refractivity contribution < 1.29 is 4.79 Å². The lowest BCUT2D eigenvalue weighted by Gasteiger charge is -2.04. The van der Waals surface area contributed by atoms with Crippen LogP contribution in [0, 0.1) is 0 Å². The number of carbonyl (C=O) groups excluding carboxylic acids is 1. The Morgan fingerprint density at radius 2 is 2.07 bits per heavy atom. The zero-order chi connectivity index (χ0) is 11.1. The van der Waals surface area contributed by atoms with Crippen LogP contribution in [-0.4, -0.2) is 25.3 Å². The van der Waals surface area contributed by atoms with Gasteiger partial charge in [-0.2, -0.15) is 0 Å². The number of thioether (sulfide) groups is 1. The number of hydrogen-bond acceptors (Lipinski definition) is 3. The van der Waals surface area contributed by atoms with Crippen molar-refractivity contribution in [1.82, 2.24) is 5.32 Å². The van der Waals surface area contributed by atoms with E-state index >= 15 is 0 Å². The van der Waals surface area contributed by atoms with Crippen LogP contribution < -0.4 is 11.1 Å². The van der Waals surface area contributed by atoms with Crippen LogP contribution >= 0.6 is 11.8 Å². The average Bonchev–Trinajstić information content (AvgIpc) is 2.29. The molecular formula is C11H16N2OS. The Bertz CT molecular complexity index is 311. The summed E-state index contributed by atoms with van der Waals surface area (Å²) in [6.45, 7) is 1.24. The van der Waals surface area contributed by atoms with E-state index in [-0.39, 0.29) is 5.91 Å². The highest BCUT2D eigenvalue weighted by Gasteiger charge is 2.03. The first kappa shape index (κ1) is 12.1. The lowest BCUT2D eigenvalue weighted by Crippen LogP contribution is -2.25. The zero-order valence-corrected chi connectivity index (χ0v) is 9.64. The largest absolute Gasteiger partial charge is 0.352 e. The maximum absolute atomic E-state index is 11.6. The van der Waals surface area contributed by atoms with Crippen molar-refractivity contribution in [2.75, 3.05) is 19.3 Å². The van der Waals surface area contributed by atoms with Crippen molar-refractivity contribution >= 4 is 17.7 Å². The Labute approximate surface area is 94.4 Å². The molecule has 0 aliphatic rings. The number of amides is 1. The number of carbonyl (C=O) groups is 1. The van der Waals surface area contributed by atoms with Crippen LogP contribution in [0.1, 0.15) is 16.8 Å². The third kappa shape index (κ3) is 3.93. The number of benzene rings is 1. The molecule has 3 N–H and O–H groups in total. The van der Waals surface area contributed by atoms with Gasteiger partial charge in [0.15, 0.2) is 0 Å². The van der Waals surface area contributed by atoms with Crippen LogP contribution in [0.5, 0.6) is 0 Å². The van der Waals surface area contributed by atoms with Crippen molar-refractivity contribution in [3.05, 3.63) is 29.8 Å². The first-order valence-electron chi connectivity index (χ1n) is 4.90. The second-order valence-electron chi connectivity index (χ2n) is 3.13. The Morgan fingerprint density at radius 1 is 1.40 bits per heavy atom. The second kappa shape index (κ2) is 6.48. The average molecular weight is 224 g/mol. The van der Waals surface area contributed by atoms with Gasteiger partial charge in [-0.05, 0) is 43.5 Å². The smallest absolute Gasteiger partial charge is 0.251 e. The first-order valence-corrected chi connectivity index (χ1v) is 6.12. The molecule has 0 aromatic heterocycles. The summed E-state index contributed by atoms with van der Waals surface area (Å²) in [5.74, 6) is -0.0314. The zero-order valence-electron chi connectivity index (χ0n) is 8.82. The van der Waals surface area contributed by atoms with E-state index in [0.29, 0.717) is 18.7 Å². The van der Waals surface area contributed by atoms with Gasteiger partial charge < -0.3 is 11.1 Å². The van der Waals surface area contributed by atoms with Crippen molar-refractivity contribution in [3.63, 3.8) is 0 Å². The standard InChI is InChI=1S/C11H16N2OS/c1-15-10-5-3-9(4-6-10)11(14)13-8-2-7-12/h3-6H,2,7-8,12H2,1H3,(H,13,14). The van der Waals surface area contributed by atoms with E-state index in [0.717, 1.165) is 11.3 Å². The van der Waals surface area contributed by atoms with E-state index in [9.17, 15) is 4.79 Å². The molecule has 15 heavy (non-hydrogen) atoms. The van der Waals surface area contributed by atoms with Gasteiger partial charge in [0.1, 0.15) is 0 Å². The molecule has 0 radical (unpaired) electrons. The number of nitrogens with one attached hydrogen (secondary N) is 1. The van der Waals surface area contributed by atoms with Gasteiger partial charge in [0, 0.05) is 17.0 Å². The topological polar surface area (TPSA) is 55.1 Å². The molecule has 0 saturated carbocycles. The van der Waals surface area contributed by atoms with Crippen molar-refractivity contribution in [1.29, 1.82) is 0 Å². The van der Waals surface area contributed by atoms with Gasteiger partial charge in [0.2, 0.25) is 0 Å². The van der Waals surface area contributed by atoms with Crippen LogP contribution in [0.4, 0.5) is 0 Å². The molecule has 1 rings (SSSR count). The molecule has 0 aliphatic carbocycles. The molecule has 0 atom stereocenters. The van der Waals surface area contributed by atoms with Crippen LogP contribution in [0.2, 0.25) is 0 Å². The Hall–Kier alpha value is -1.00. The summed E-state index contributed by atoms with van der Waals surface area (Å²) in [6.07, 6.45) is 2.82. The normalized spacial score (nSPS) is 10.0. The predicted octanol–water partition coefficient (Wildman–Crippen LogP) is 1.49. The molecule has 1 aromatic rings. The third-order valence-corrected chi connectivity index (χ3v) is 2.76. The molecule has 0 spiro atoms. The minimum Gasteiger partial charge on any atom is -0.352 e. The van der Waals surface area contributed by atoms with E-state index in [1.54, 1.807) is 11.8 Å². The molecule has 1 amide bonds. The first-order chi connectivity index (χ1) is 7.27. The number of hydrogen-bond donors (Lipinski definition) is 2. The lowest BCUT2D eigenvalue weighted by atomic mass is 10.2. The maximum Gasteiger partial charge on any atom is 0.251 e. The maximum atomic E-state index is 11.6. The van der Waals surface area contributed by atoms with Gasteiger partial charge in [0.25, 0.3) is 5.91 Å². The molecule has 0 bridgehead atoms. The molecule has 3 nitrogen and oxygen atoms in total. The van der Waals surface area contributed by atoms with Gasteiger partial charge in [-0.25, -0.2) is 0 Å². The molecule has 0 fully saturated rings. The Kier molecular flexibility index (Phi) is 5.21. The summed E-state index contributed by atoms with van der Waals surface area (Å²) < 4.78 is 0. The molecule has 0 aliphatic heterocycles. The number of nitrogens with two attached hydrogens (primary N) is 1. The molecule has 0 unspecified atom stereocenters. The fourth-order valence-corrected chi connectivity index (χ4v) is 1.56. The van der Waals surface area contributed by atoms with Gasteiger partial charge in [0.05, 0.1) is 0 Å². The SMILES string of the molecule is CSc1ccc(C(=O)NCCCN)cc1. The van der Waals surface area contributed by atoms with E-state index in [2.05, 4.69) is 5.32 Å². The fraction of sp³-hybridized carbons (Fsp3) is 0.364. The van der Waals surface area contributed by atoms with Crippen molar-refractivity contribution in [3.8, 4) is 0 Å². The van der Waals surface area contributed by atoms with Gasteiger partial charge in [-0.15, -0.1) is 11.8 Å². The summed E-state index contributed by atoms with van der Waals surface area (Å²) in [5.41, 5.74) is 6.04. The van der Waals surface area contributed by atoms with Gasteiger partial charge >= 0.3 is 0 Å². The van der Waals surface area contributed by atoms with E-state index in [4.69, 9.17) is 5.73 Å². The Balaban J connectivity index is 2.50. The highest BCUT2D eigenvalue weighted by Crippen LogP contribution is 2.14. The van der Waals surface area contributed by atoms with E-state index < -0.39 is 0 Å². The molecule has 0 heterocycles. The predicted molar refractivity (Wildman–Crippen MR) is 64.2 cm³/mol. The number of rotatable bonds is 5. The van der Waals surface area contributed by atoms with Gasteiger partial charge in [-0.1, -0.05) is 0 Å². The van der Waals surface area contributed by atoms with E-state index in [1.165, 1.54) is 0 Å². The Morgan fingerprint density at radius 3 is 2.60 bits per heavy atom. The summed E-state index contributed by atoms with van der Waals surface area (Å²) in [7, 11) is 0. The third-order valence-electron chi connectivity index (χ3n) is 2.02. The quantitative estimate of drug-likeness (QED) is 0.588. The van der Waals surface area contributed by atoms with Crippen LogP contribution in [0.3, 0.4) is 0 Å². The molecule has 82 valence electrons. The van der Waals surface area contributed by atoms with Crippen LogP contribution in [0.15, 0.2) is 29.2 Å². The van der Waals surface area contributed by atoms with Gasteiger partial charge in [-0.3, -0.25) is 4.79 Å². The lowest BCUT2D eigenvalue weighted by molar-refractivity contribution is 0.0953. The van der Waals surface area contributed by atoms with Crippen molar-refractivity contribution in [2.45, 2.75) is 11.3 Å².